The summed E-state index contributed by atoms with van der Waals surface area (Å²) in [4.78, 5) is 21.9. The van der Waals surface area contributed by atoms with Gasteiger partial charge in [0.05, 0.1) is 5.69 Å². The molecule has 2 N–H and O–H groups in total. The van der Waals surface area contributed by atoms with Gasteiger partial charge in [-0.2, -0.15) is 0 Å². The Balaban J connectivity index is 1.52. The Bertz CT molecular complexity index is 475. The number of nitrogens with two attached hydrogens (primary N) is 1. The van der Waals surface area contributed by atoms with Crippen LogP contribution in [0.15, 0.2) is 0 Å². The lowest BCUT2D eigenvalue weighted by atomic mass is 10.2. The molecule has 1 amide bonds. The van der Waals surface area contributed by atoms with Crippen molar-refractivity contribution < 1.29 is 4.79 Å². The van der Waals surface area contributed by atoms with Gasteiger partial charge in [-0.1, -0.05) is 0 Å². The molecular formula is C13H20N4OS. The first-order chi connectivity index (χ1) is 9.13. The first-order valence-electron chi connectivity index (χ1n) is 6.86. The lowest BCUT2D eigenvalue weighted by Gasteiger charge is -2.34. The summed E-state index contributed by atoms with van der Waals surface area (Å²) in [7, 11) is 0. The molecule has 5 nitrogen and oxygen atoms in total. The van der Waals surface area contributed by atoms with E-state index in [1.807, 2.05) is 11.8 Å². The number of thiazole rings is 1. The molecule has 0 aromatic carbocycles. The van der Waals surface area contributed by atoms with Crippen LogP contribution in [-0.4, -0.2) is 46.9 Å². The lowest BCUT2D eigenvalue weighted by Crippen LogP contribution is -2.48. The molecule has 1 aliphatic heterocycles. The first-order valence-corrected chi connectivity index (χ1v) is 7.68. The maximum atomic E-state index is 12.0. The number of nitrogens with zero attached hydrogens (tertiary/aromatic N) is 3. The van der Waals surface area contributed by atoms with Crippen LogP contribution in [0.1, 0.15) is 23.4 Å². The summed E-state index contributed by atoms with van der Waals surface area (Å²) in [6.07, 6.45) is 2.19. The molecule has 0 bridgehead atoms. The van der Waals surface area contributed by atoms with E-state index >= 15 is 0 Å². The van der Waals surface area contributed by atoms with Gasteiger partial charge >= 0.3 is 0 Å². The Morgan fingerprint density at radius 2 is 2.05 bits per heavy atom. The summed E-state index contributed by atoms with van der Waals surface area (Å²) < 4.78 is 0. The van der Waals surface area contributed by atoms with E-state index < -0.39 is 0 Å². The van der Waals surface area contributed by atoms with E-state index in [0.29, 0.717) is 17.0 Å². The molecule has 1 aromatic heterocycles. The van der Waals surface area contributed by atoms with Gasteiger partial charge in [0.2, 0.25) is 5.91 Å². The minimum atomic E-state index is 0.343. The molecule has 1 saturated heterocycles. The van der Waals surface area contributed by atoms with Crippen LogP contribution < -0.4 is 5.73 Å². The van der Waals surface area contributed by atoms with Crippen LogP contribution in [0.5, 0.6) is 0 Å². The molecule has 0 radical (unpaired) electrons. The van der Waals surface area contributed by atoms with E-state index in [2.05, 4.69) is 9.88 Å². The van der Waals surface area contributed by atoms with Crippen LogP contribution in [0.2, 0.25) is 0 Å². The minimum absolute atomic E-state index is 0.343. The van der Waals surface area contributed by atoms with Crippen LogP contribution in [0, 0.1) is 12.8 Å². The molecule has 1 aliphatic carbocycles. The maximum absolute atomic E-state index is 12.0. The molecule has 3 rings (SSSR count). The summed E-state index contributed by atoms with van der Waals surface area (Å²) >= 11 is 1.57. The standard InChI is InChI=1S/C13H20N4OS/c1-9-11(19-13(14)15-9)8-16-4-6-17(7-5-16)12(18)10-2-3-10/h10H,2-8H2,1H3,(H2,14,15). The highest BCUT2D eigenvalue weighted by molar-refractivity contribution is 7.15. The molecule has 104 valence electrons. The number of nitrogen functional groups attached to an aromatic ring is 1. The SMILES string of the molecule is Cc1nc(N)sc1CN1CCN(C(=O)C2CC2)CC1. The van der Waals surface area contributed by atoms with Gasteiger partial charge in [-0.25, -0.2) is 4.98 Å². The van der Waals surface area contributed by atoms with E-state index in [9.17, 15) is 4.79 Å². The number of hydrogen-bond donors (Lipinski definition) is 1. The maximum Gasteiger partial charge on any atom is 0.225 e. The predicted octanol–water partition coefficient (Wildman–Crippen LogP) is 1.09. The Labute approximate surface area is 117 Å². The highest BCUT2D eigenvalue weighted by Gasteiger charge is 2.34. The largest absolute Gasteiger partial charge is 0.375 e. The Morgan fingerprint density at radius 3 is 2.58 bits per heavy atom. The van der Waals surface area contributed by atoms with Crippen molar-refractivity contribution in [2.75, 3.05) is 31.9 Å². The van der Waals surface area contributed by atoms with Gasteiger partial charge in [0.25, 0.3) is 0 Å². The fourth-order valence-electron chi connectivity index (χ4n) is 2.52. The van der Waals surface area contributed by atoms with Gasteiger partial charge < -0.3 is 10.6 Å². The first kappa shape index (κ1) is 12.9. The molecule has 1 saturated carbocycles. The van der Waals surface area contributed by atoms with Crippen molar-refractivity contribution in [2.24, 2.45) is 5.92 Å². The van der Waals surface area contributed by atoms with Crippen molar-refractivity contribution in [3.63, 3.8) is 0 Å². The smallest absolute Gasteiger partial charge is 0.225 e. The van der Waals surface area contributed by atoms with Gasteiger partial charge in [-0.05, 0) is 19.8 Å². The number of piperazine rings is 1. The number of aryl methyl sites for hydroxylation is 1. The van der Waals surface area contributed by atoms with E-state index in [-0.39, 0.29) is 0 Å². The molecule has 2 fully saturated rings. The van der Waals surface area contributed by atoms with Crippen molar-refractivity contribution in [1.82, 2.24) is 14.8 Å². The summed E-state index contributed by atoms with van der Waals surface area (Å²) in [6.45, 7) is 6.55. The summed E-state index contributed by atoms with van der Waals surface area (Å²) in [5.41, 5.74) is 6.76. The average molecular weight is 280 g/mol. The second-order valence-electron chi connectivity index (χ2n) is 5.44. The highest BCUT2D eigenvalue weighted by atomic mass is 32.1. The van der Waals surface area contributed by atoms with Crippen LogP contribution in [0.3, 0.4) is 0 Å². The third-order valence-corrected chi connectivity index (χ3v) is 4.86. The lowest BCUT2D eigenvalue weighted by molar-refractivity contribution is -0.134. The second kappa shape index (κ2) is 5.09. The number of anilines is 1. The van der Waals surface area contributed by atoms with E-state index in [1.165, 1.54) is 4.88 Å². The quantitative estimate of drug-likeness (QED) is 0.900. The van der Waals surface area contributed by atoms with E-state index in [4.69, 9.17) is 5.73 Å². The number of rotatable bonds is 3. The van der Waals surface area contributed by atoms with Crippen LogP contribution in [-0.2, 0) is 11.3 Å². The molecular weight excluding hydrogens is 260 g/mol. The molecule has 2 heterocycles. The third-order valence-electron chi connectivity index (χ3n) is 3.89. The fraction of sp³-hybridized carbons (Fsp3) is 0.692. The Kier molecular flexibility index (Phi) is 3.45. The van der Waals surface area contributed by atoms with E-state index in [0.717, 1.165) is 51.3 Å². The Hall–Kier alpha value is -1.14. The highest BCUT2D eigenvalue weighted by Crippen LogP contribution is 2.31. The number of aromatic nitrogens is 1. The predicted molar refractivity (Wildman–Crippen MR) is 75.8 cm³/mol. The van der Waals surface area contributed by atoms with Gasteiger partial charge in [0.1, 0.15) is 0 Å². The zero-order valence-electron chi connectivity index (χ0n) is 11.3. The summed E-state index contributed by atoms with van der Waals surface area (Å²) in [6, 6.07) is 0. The third kappa shape index (κ3) is 2.90. The van der Waals surface area contributed by atoms with Gasteiger partial charge in [0.15, 0.2) is 5.13 Å². The Morgan fingerprint density at radius 1 is 1.37 bits per heavy atom. The van der Waals surface area contributed by atoms with Gasteiger partial charge in [-0.3, -0.25) is 9.69 Å². The molecule has 6 heteroatoms. The summed E-state index contributed by atoms with van der Waals surface area (Å²) in [5.74, 6) is 0.716. The van der Waals surface area contributed by atoms with Crippen molar-refractivity contribution >= 4 is 22.4 Å². The zero-order chi connectivity index (χ0) is 13.4. The van der Waals surface area contributed by atoms with Crippen LogP contribution in [0.4, 0.5) is 5.13 Å². The van der Waals surface area contributed by atoms with Gasteiger partial charge in [0, 0.05) is 43.5 Å². The van der Waals surface area contributed by atoms with Crippen LogP contribution in [0.25, 0.3) is 0 Å². The van der Waals surface area contributed by atoms with Crippen molar-refractivity contribution in [3.05, 3.63) is 10.6 Å². The molecule has 0 spiro atoms. The monoisotopic (exact) mass is 280 g/mol. The van der Waals surface area contributed by atoms with Crippen molar-refractivity contribution in [3.8, 4) is 0 Å². The average Bonchev–Trinajstić information content (AvgIpc) is 3.17. The number of amides is 1. The van der Waals surface area contributed by atoms with E-state index in [1.54, 1.807) is 11.3 Å². The molecule has 0 atom stereocenters. The van der Waals surface area contributed by atoms with Gasteiger partial charge in [-0.15, -0.1) is 11.3 Å². The fourth-order valence-corrected chi connectivity index (χ4v) is 3.39. The number of hydrogen-bond acceptors (Lipinski definition) is 5. The van der Waals surface area contributed by atoms with Crippen molar-refractivity contribution in [1.29, 1.82) is 0 Å². The summed E-state index contributed by atoms with van der Waals surface area (Å²) in [5, 5.41) is 0.648. The van der Waals surface area contributed by atoms with Crippen molar-refractivity contribution in [2.45, 2.75) is 26.3 Å². The van der Waals surface area contributed by atoms with Crippen LogP contribution >= 0.6 is 11.3 Å². The number of carbonyl (C=O) groups is 1. The molecule has 19 heavy (non-hydrogen) atoms. The number of carbonyl (C=O) groups excluding carboxylic acids is 1. The molecule has 1 aromatic rings. The molecule has 2 aliphatic rings. The topological polar surface area (TPSA) is 62.5 Å². The normalized spacial score (nSPS) is 20.8. The zero-order valence-corrected chi connectivity index (χ0v) is 12.1. The second-order valence-corrected chi connectivity index (χ2v) is 6.55. The minimum Gasteiger partial charge on any atom is -0.375 e. The molecule has 0 unspecified atom stereocenters.